The molecule has 1 aromatic carbocycles. The summed E-state index contributed by atoms with van der Waals surface area (Å²) in [5, 5.41) is 2.94. The third-order valence-electron chi connectivity index (χ3n) is 2.37. The molecule has 0 aliphatic heterocycles. The molecule has 4 nitrogen and oxygen atoms in total. The van der Waals surface area contributed by atoms with E-state index in [9.17, 15) is 13.2 Å². The molecule has 0 bridgehead atoms. The summed E-state index contributed by atoms with van der Waals surface area (Å²) in [6.07, 6.45) is 1.42. The highest BCUT2D eigenvalue weighted by atomic mass is 79.9. The van der Waals surface area contributed by atoms with Crippen molar-refractivity contribution >= 4 is 60.9 Å². The van der Waals surface area contributed by atoms with Crippen molar-refractivity contribution in [2.75, 3.05) is 0 Å². The smallest absolute Gasteiger partial charge is 0.266 e. The first-order valence-corrected chi connectivity index (χ1v) is 9.21. The van der Waals surface area contributed by atoms with Gasteiger partial charge in [0.25, 0.3) is 15.9 Å². The maximum absolute atomic E-state index is 11.9. The number of benzene rings is 1. The zero-order valence-corrected chi connectivity index (χ0v) is 14.4. The molecule has 0 unspecified atom stereocenters. The summed E-state index contributed by atoms with van der Waals surface area (Å²) in [5.74, 6) is -0.775. The molecule has 0 aliphatic carbocycles. The Morgan fingerprint density at radius 3 is 2.71 bits per heavy atom. The molecule has 1 amide bonds. The number of carbonyl (C=O) groups is 1. The first-order valence-electron chi connectivity index (χ1n) is 5.61. The van der Waals surface area contributed by atoms with Gasteiger partial charge in [0.1, 0.15) is 0 Å². The topological polar surface area (TPSA) is 63.2 Å². The van der Waals surface area contributed by atoms with Gasteiger partial charge in [-0.3, -0.25) is 4.79 Å². The van der Waals surface area contributed by atoms with Crippen LogP contribution in [-0.4, -0.2) is 14.3 Å². The molecule has 110 valence electrons. The van der Waals surface area contributed by atoms with Gasteiger partial charge in [-0.05, 0) is 35.7 Å². The van der Waals surface area contributed by atoms with Crippen molar-refractivity contribution in [3.05, 3.63) is 61.1 Å². The van der Waals surface area contributed by atoms with E-state index >= 15 is 0 Å². The number of nitrogens with one attached hydrogen (secondary N) is 1. The number of hydrogen-bond acceptors (Lipinski definition) is 4. The molecule has 2 aromatic rings. The largest absolute Gasteiger partial charge is 0.268 e. The first kappa shape index (κ1) is 16.2. The van der Waals surface area contributed by atoms with Gasteiger partial charge >= 0.3 is 0 Å². The van der Waals surface area contributed by atoms with Crippen LogP contribution in [0.2, 0.25) is 5.02 Å². The lowest BCUT2D eigenvalue weighted by Gasteiger charge is -2.05. The van der Waals surface area contributed by atoms with Gasteiger partial charge in [0, 0.05) is 9.35 Å². The predicted octanol–water partition coefficient (Wildman–Crippen LogP) is 3.89. The van der Waals surface area contributed by atoms with E-state index in [0.29, 0.717) is 4.47 Å². The normalized spacial score (nSPS) is 11.7. The number of thiophene rings is 1. The molecule has 0 radical (unpaired) electrons. The zero-order valence-electron chi connectivity index (χ0n) is 10.4. The molecule has 1 aromatic heterocycles. The van der Waals surface area contributed by atoms with Gasteiger partial charge < -0.3 is 0 Å². The number of carbonyl (C=O) groups excluding carboxylic acids is 1. The van der Waals surface area contributed by atoms with E-state index in [1.807, 2.05) is 10.1 Å². The Balaban J connectivity index is 2.14. The van der Waals surface area contributed by atoms with Gasteiger partial charge in [-0.1, -0.05) is 33.6 Å². The van der Waals surface area contributed by atoms with Crippen LogP contribution in [0, 0.1) is 0 Å². The lowest BCUT2D eigenvalue weighted by atomic mass is 10.2. The fraction of sp³-hybridized carbons (Fsp3) is 0. The minimum atomic E-state index is -3.88. The molecule has 21 heavy (non-hydrogen) atoms. The quantitative estimate of drug-likeness (QED) is 0.837. The maximum Gasteiger partial charge on any atom is 0.266 e. The summed E-state index contributed by atoms with van der Waals surface area (Å²) in [5.41, 5.74) is 0.0907. The Hall–Kier alpha value is -1.15. The van der Waals surface area contributed by atoms with Crippen molar-refractivity contribution in [1.82, 2.24) is 4.72 Å². The Bertz CT molecular complexity index is 786. The lowest BCUT2D eigenvalue weighted by Crippen LogP contribution is -2.29. The van der Waals surface area contributed by atoms with Crippen molar-refractivity contribution in [2.24, 2.45) is 0 Å². The second kappa shape index (κ2) is 6.74. The Kier molecular flexibility index (Phi) is 5.21. The average molecular weight is 407 g/mol. The van der Waals surface area contributed by atoms with Crippen LogP contribution in [0.5, 0.6) is 0 Å². The highest BCUT2D eigenvalue weighted by Gasteiger charge is 2.16. The number of hydrogen-bond donors (Lipinski definition) is 1. The average Bonchev–Trinajstić information content (AvgIpc) is 2.88. The summed E-state index contributed by atoms with van der Waals surface area (Å²) in [4.78, 5) is 12.7. The Morgan fingerprint density at radius 2 is 2.10 bits per heavy atom. The molecule has 8 heteroatoms. The van der Waals surface area contributed by atoms with E-state index in [1.54, 1.807) is 18.2 Å². The molecule has 2 rings (SSSR count). The third-order valence-corrected chi connectivity index (χ3v) is 4.97. The van der Waals surface area contributed by atoms with Crippen LogP contribution in [0.15, 0.2) is 45.6 Å². The summed E-state index contributed by atoms with van der Waals surface area (Å²) in [6.45, 7) is 0. The molecular weight excluding hydrogens is 398 g/mol. The fourth-order valence-corrected chi connectivity index (χ4v) is 3.66. The van der Waals surface area contributed by atoms with Crippen molar-refractivity contribution in [1.29, 1.82) is 0 Å². The van der Waals surface area contributed by atoms with E-state index in [1.165, 1.54) is 29.5 Å². The number of rotatable bonds is 4. The lowest BCUT2D eigenvalue weighted by molar-refractivity contribution is 0.0982. The minimum Gasteiger partial charge on any atom is -0.268 e. The molecule has 0 fully saturated rings. The zero-order chi connectivity index (χ0) is 15.5. The highest BCUT2D eigenvalue weighted by Crippen LogP contribution is 2.21. The number of sulfonamides is 1. The molecule has 0 saturated carbocycles. The second-order valence-electron chi connectivity index (χ2n) is 3.92. The van der Waals surface area contributed by atoms with Crippen molar-refractivity contribution in [3.63, 3.8) is 0 Å². The van der Waals surface area contributed by atoms with Gasteiger partial charge in [0.2, 0.25) is 0 Å². The highest BCUT2D eigenvalue weighted by molar-refractivity contribution is 9.10. The van der Waals surface area contributed by atoms with Crippen LogP contribution in [0.25, 0.3) is 6.08 Å². The van der Waals surface area contributed by atoms with Gasteiger partial charge in [-0.25, -0.2) is 13.1 Å². The van der Waals surface area contributed by atoms with Crippen molar-refractivity contribution in [2.45, 2.75) is 0 Å². The van der Waals surface area contributed by atoms with Crippen molar-refractivity contribution in [3.8, 4) is 0 Å². The number of amides is 1. The minimum absolute atomic E-state index is 0.0907. The predicted molar refractivity (Wildman–Crippen MR) is 88.9 cm³/mol. The molecule has 0 spiro atoms. The van der Waals surface area contributed by atoms with Gasteiger partial charge in [-0.2, -0.15) is 0 Å². The van der Waals surface area contributed by atoms with E-state index < -0.39 is 15.9 Å². The summed E-state index contributed by atoms with van der Waals surface area (Å²) >= 11 is 10.5. The SMILES string of the molecule is O=C(NS(=O)(=O)/C=C/c1cccs1)c1ccc(Br)cc1Cl. The number of halogens is 2. The monoisotopic (exact) mass is 405 g/mol. The van der Waals surface area contributed by atoms with Crippen molar-refractivity contribution < 1.29 is 13.2 Å². The van der Waals surface area contributed by atoms with Gasteiger partial charge in [-0.15, -0.1) is 11.3 Å². The molecule has 1 heterocycles. The summed E-state index contributed by atoms with van der Waals surface area (Å²) in [6, 6.07) is 8.14. The Morgan fingerprint density at radius 1 is 1.33 bits per heavy atom. The second-order valence-corrected chi connectivity index (χ2v) is 7.79. The van der Waals surface area contributed by atoms with Crippen LogP contribution >= 0.6 is 38.9 Å². The van der Waals surface area contributed by atoms with Crippen LogP contribution in [-0.2, 0) is 10.0 Å². The third kappa shape index (κ3) is 4.67. The van der Waals surface area contributed by atoms with Crippen LogP contribution in [0.4, 0.5) is 0 Å². The van der Waals surface area contributed by atoms with Gasteiger partial charge in [0.15, 0.2) is 0 Å². The molecule has 0 saturated heterocycles. The summed E-state index contributed by atoms with van der Waals surface area (Å²) < 4.78 is 26.3. The van der Waals surface area contributed by atoms with E-state index in [2.05, 4.69) is 15.9 Å². The van der Waals surface area contributed by atoms with Crippen LogP contribution in [0.1, 0.15) is 15.2 Å². The van der Waals surface area contributed by atoms with Gasteiger partial charge in [0.05, 0.1) is 16.0 Å². The van der Waals surface area contributed by atoms with E-state index in [4.69, 9.17) is 11.6 Å². The van der Waals surface area contributed by atoms with E-state index in [-0.39, 0.29) is 10.6 Å². The molecular formula is C13H9BrClNO3S2. The Labute approximate surface area is 139 Å². The van der Waals surface area contributed by atoms with Crippen LogP contribution in [0.3, 0.4) is 0 Å². The summed E-state index contributed by atoms with van der Waals surface area (Å²) in [7, 11) is -3.88. The first-order chi connectivity index (χ1) is 9.87. The maximum atomic E-state index is 11.9. The van der Waals surface area contributed by atoms with Crippen LogP contribution < -0.4 is 4.72 Å². The van der Waals surface area contributed by atoms with E-state index in [0.717, 1.165) is 10.3 Å². The molecule has 0 atom stereocenters. The molecule has 0 aliphatic rings. The fourth-order valence-electron chi connectivity index (χ4n) is 1.43. The standard InChI is InChI=1S/C13H9BrClNO3S2/c14-9-3-4-11(12(15)8-9)13(17)16-21(18,19)7-5-10-2-1-6-20-10/h1-8H,(H,16,17)/b7-5+. The molecule has 1 N–H and O–H groups in total.